The van der Waals surface area contributed by atoms with E-state index in [4.69, 9.17) is 5.73 Å². The second kappa shape index (κ2) is 8.76. The van der Waals surface area contributed by atoms with Crippen molar-refractivity contribution >= 4 is 24.8 Å². The van der Waals surface area contributed by atoms with Crippen LogP contribution in [0, 0.1) is 0 Å². The summed E-state index contributed by atoms with van der Waals surface area (Å²) >= 11 is 0. The number of rotatable bonds is 3. The minimum atomic E-state index is 0. The van der Waals surface area contributed by atoms with Crippen LogP contribution in [0.1, 0.15) is 30.9 Å². The first-order chi connectivity index (χ1) is 7.36. The number of benzene rings is 1. The van der Waals surface area contributed by atoms with Crippen molar-refractivity contribution in [1.82, 2.24) is 4.90 Å². The van der Waals surface area contributed by atoms with Crippen LogP contribution in [-0.2, 0) is 0 Å². The van der Waals surface area contributed by atoms with Crippen LogP contribution in [0.25, 0.3) is 0 Å². The van der Waals surface area contributed by atoms with Gasteiger partial charge in [-0.1, -0.05) is 36.8 Å². The van der Waals surface area contributed by atoms with Crippen LogP contribution in [-0.4, -0.2) is 24.5 Å². The van der Waals surface area contributed by atoms with E-state index in [1.165, 1.54) is 37.9 Å². The van der Waals surface area contributed by atoms with E-state index in [2.05, 4.69) is 29.2 Å². The molecule has 2 N–H and O–H groups in total. The molecular formula is C13H22Cl2N2. The van der Waals surface area contributed by atoms with Gasteiger partial charge in [-0.3, -0.25) is 0 Å². The Labute approximate surface area is 116 Å². The molecule has 1 fully saturated rings. The van der Waals surface area contributed by atoms with E-state index in [1.807, 2.05) is 6.07 Å². The van der Waals surface area contributed by atoms with Gasteiger partial charge in [0.05, 0.1) is 0 Å². The molecule has 1 aliphatic heterocycles. The summed E-state index contributed by atoms with van der Waals surface area (Å²) in [6, 6.07) is 10.6. The molecule has 0 radical (unpaired) electrons. The smallest absolute Gasteiger partial charge is 0.0424 e. The maximum atomic E-state index is 6.18. The van der Waals surface area contributed by atoms with Gasteiger partial charge in [-0.2, -0.15) is 0 Å². The highest BCUT2D eigenvalue weighted by Gasteiger charge is 2.14. The number of nitrogens with two attached hydrogens (primary N) is 1. The van der Waals surface area contributed by atoms with Gasteiger partial charge in [0.2, 0.25) is 0 Å². The summed E-state index contributed by atoms with van der Waals surface area (Å²) in [7, 11) is 0. The predicted molar refractivity (Wildman–Crippen MR) is 78.2 cm³/mol. The molecule has 4 heteroatoms. The van der Waals surface area contributed by atoms with Crippen molar-refractivity contribution in [3.05, 3.63) is 35.9 Å². The molecule has 2 rings (SSSR count). The van der Waals surface area contributed by atoms with Crippen molar-refractivity contribution in [3.8, 4) is 0 Å². The highest BCUT2D eigenvalue weighted by molar-refractivity contribution is 5.85. The molecular weight excluding hydrogens is 255 g/mol. The molecule has 1 aliphatic rings. The minimum absolute atomic E-state index is 0. The monoisotopic (exact) mass is 276 g/mol. The Bertz CT molecular complexity index is 287. The van der Waals surface area contributed by atoms with E-state index in [1.54, 1.807) is 0 Å². The zero-order valence-corrected chi connectivity index (χ0v) is 11.7. The molecule has 1 atom stereocenters. The van der Waals surface area contributed by atoms with Crippen molar-refractivity contribution in [3.63, 3.8) is 0 Å². The van der Waals surface area contributed by atoms with Crippen LogP contribution in [0.15, 0.2) is 30.3 Å². The number of hydrogen-bond acceptors (Lipinski definition) is 2. The van der Waals surface area contributed by atoms with Gasteiger partial charge in [0.1, 0.15) is 0 Å². The van der Waals surface area contributed by atoms with Crippen molar-refractivity contribution in [2.45, 2.75) is 25.3 Å². The van der Waals surface area contributed by atoms with Gasteiger partial charge in [0.15, 0.2) is 0 Å². The summed E-state index contributed by atoms with van der Waals surface area (Å²) in [4.78, 5) is 2.49. The fourth-order valence-corrected chi connectivity index (χ4v) is 2.23. The maximum absolute atomic E-state index is 6.18. The van der Waals surface area contributed by atoms with Crippen LogP contribution in [0.3, 0.4) is 0 Å². The zero-order chi connectivity index (χ0) is 10.5. The average molecular weight is 277 g/mol. The Morgan fingerprint density at radius 2 is 1.59 bits per heavy atom. The van der Waals surface area contributed by atoms with E-state index in [9.17, 15) is 0 Å². The third-order valence-corrected chi connectivity index (χ3v) is 3.13. The van der Waals surface area contributed by atoms with E-state index in [0.29, 0.717) is 0 Å². The van der Waals surface area contributed by atoms with Gasteiger partial charge >= 0.3 is 0 Å². The molecule has 2 nitrogen and oxygen atoms in total. The van der Waals surface area contributed by atoms with Crippen molar-refractivity contribution in [1.29, 1.82) is 0 Å². The fraction of sp³-hybridized carbons (Fsp3) is 0.538. The first-order valence-electron chi connectivity index (χ1n) is 5.89. The molecule has 1 aromatic rings. The summed E-state index contributed by atoms with van der Waals surface area (Å²) in [5.41, 5.74) is 7.44. The molecule has 98 valence electrons. The lowest BCUT2D eigenvalue weighted by atomic mass is 10.1. The zero-order valence-electron chi connectivity index (χ0n) is 10.0. The molecule has 1 saturated heterocycles. The van der Waals surface area contributed by atoms with E-state index >= 15 is 0 Å². The highest BCUT2D eigenvalue weighted by atomic mass is 35.5. The molecule has 0 bridgehead atoms. The lowest BCUT2D eigenvalue weighted by Crippen LogP contribution is -2.36. The second-order valence-electron chi connectivity index (χ2n) is 4.38. The molecule has 1 aromatic carbocycles. The van der Waals surface area contributed by atoms with Gasteiger partial charge in [0, 0.05) is 12.6 Å². The Morgan fingerprint density at radius 1 is 1.00 bits per heavy atom. The lowest BCUT2D eigenvalue weighted by Gasteiger charge is -2.29. The lowest BCUT2D eigenvalue weighted by molar-refractivity contribution is 0.216. The van der Waals surface area contributed by atoms with E-state index in [0.717, 1.165) is 6.54 Å². The van der Waals surface area contributed by atoms with E-state index in [-0.39, 0.29) is 30.9 Å². The fourth-order valence-electron chi connectivity index (χ4n) is 2.23. The van der Waals surface area contributed by atoms with Crippen molar-refractivity contribution in [2.75, 3.05) is 19.6 Å². The van der Waals surface area contributed by atoms with Gasteiger partial charge in [0.25, 0.3) is 0 Å². The molecule has 0 spiro atoms. The van der Waals surface area contributed by atoms with Gasteiger partial charge in [-0.25, -0.2) is 0 Å². The Balaban J connectivity index is 0.00000128. The molecule has 1 heterocycles. The maximum Gasteiger partial charge on any atom is 0.0424 e. The largest absolute Gasteiger partial charge is 0.323 e. The van der Waals surface area contributed by atoms with Crippen LogP contribution < -0.4 is 5.73 Å². The molecule has 0 amide bonds. The number of likely N-dealkylation sites (tertiary alicyclic amines) is 1. The molecule has 0 aliphatic carbocycles. The topological polar surface area (TPSA) is 29.3 Å². The highest BCUT2D eigenvalue weighted by Crippen LogP contribution is 2.15. The van der Waals surface area contributed by atoms with Gasteiger partial charge in [-0.15, -0.1) is 24.8 Å². The van der Waals surface area contributed by atoms with Gasteiger partial charge in [-0.05, 0) is 31.5 Å². The Hall–Kier alpha value is -0.280. The van der Waals surface area contributed by atoms with Crippen molar-refractivity contribution < 1.29 is 0 Å². The Morgan fingerprint density at radius 3 is 2.18 bits per heavy atom. The molecule has 0 aromatic heterocycles. The summed E-state index contributed by atoms with van der Waals surface area (Å²) in [6.45, 7) is 3.45. The average Bonchev–Trinajstić information content (AvgIpc) is 2.31. The summed E-state index contributed by atoms with van der Waals surface area (Å²) < 4.78 is 0. The number of piperidine rings is 1. The first kappa shape index (κ1) is 16.7. The second-order valence-corrected chi connectivity index (χ2v) is 4.38. The van der Waals surface area contributed by atoms with Gasteiger partial charge < -0.3 is 10.6 Å². The molecule has 17 heavy (non-hydrogen) atoms. The van der Waals surface area contributed by atoms with Crippen molar-refractivity contribution in [2.24, 2.45) is 5.73 Å². The number of hydrogen-bond donors (Lipinski definition) is 1. The predicted octanol–water partition coefficient (Wildman–Crippen LogP) is 3.02. The standard InChI is InChI=1S/C13H20N2.2ClH/c14-13(12-7-3-1-4-8-12)11-15-9-5-2-6-10-15;;/h1,3-4,7-8,13H,2,5-6,9-11,14H2;2*1H/t13-;;/m1../s1. The van der Waals surface area contributed by atoms with Crippen LogP contribution in [0.5, 0.6) is 0 Å². The summed E-state index contributed by atoms with van der Waals surface area (Å²) in [6.07, 6.45) is 4.06. The van der Waals surface area contributed by atoms with E-state index < -0.39 is 0 Å². The molecule has 0 unspecified atom stereocenters. The minimum Gasteiger partial charge on any atom is -0.323 e. The quantitative estimate of drug-likeness (QED) is 0.920. The molecule has 0 saturated carbocycles. The third-order valence-electron chi connectivity index (χ3n) is 3.13. The van der Waals surface area contributed by atoms with Crippen LogP contribution in [0.2, 0.25) is 0 Å². The number of nitrogens with zero attached hydrogens (tertiary/aromatic N) is 1. The summed E-state index contributed by atoms with van der Waals surface area (Å²) in [5, 5.41) is 0. The van der Waals surface area contributed by atoms with Crippen LogP contribution >= 0.6 is 24.8 Å². The summed E-state index contributed by atoms with van der Waals surface area (Å²) in [5.74, 6) is 0. The Kier molecular flexibility index (Phi) is 8.61. The SMILES string of the molecule is Cl.Cl.N[C@H](CN1CCCCC1)c1ccccc1. The first-order valence-corrected chi connectivity index (χ1v) is 5.89. The van der Waals surface area contributed by atoms with Crippen LogP contribution in [0.4, 0.5) is 0 Å². The normalized spacial score (nSPS) is 17.7. The third kappa shape index (κ3) is 5.26. The number of halogens is 2.